The van der Waals surface area contributed by atoms with Crippen molar-refractivity contribution < 1.29 is 4.39 Å². The van der Waals surface area contributed by atoms with E-state index in [2.05, 4.69) is 5.32 Å². The molecule has 1 aromatic carbocycles. The van der Waals surface area contributed by atoms with Crippen molar-refractivity contribution in [1.82, 2.24) is 5.32 Å². The quantitative estimate of drug-likeness (QED) is 0.722. The summed E-state index contributed by atoms with van der Waals surface area (Å²) in [5.41, 5.74) is 2.82. The smallest absolute Gasteiger partial charge is 0.129 e. The van der Waals surface area contributed by atoms with E-state index in [1.165, 1.54) is 12.0 Å². The van der Waals surface area contributed by atoms with Gasteiger partial charge in [0.05, 0.1) is 0 Å². The Morgan fingerprint density at radius 2 is 1.93 bits per heavy atom. The average Bonchev–Trinajstić information content (AvgIpc) is 2.66. The van der Waals surface area contributed by atoms with E-state index in [-0.39, 0.29) is 5.82 Å². The summed E-state index contributed by atoms with van der Waals surface area (Å²) in [5, 5.41) is 3.33. The summed E-state index contributed by atoms with van der Waals surface area (Å²) in [6.45, 7) is 5.80. The maximum Gasteiger partial charge on any atom is 0.129 e. The van der Waals surface area contributed by atoms with E-state index in [1.54, 1.807) is 0 Å². The highest BCUT2D eigenvalue weighted by molar-refractivity contribution is 5.33. The summed E-state index contributed by atoms with van der Waals surface area (Å²) in [6.07, 6.45) is 1.17. The number of benzene rings is 1. The van der Waals surface area contributed by atoms with E-state index < -0.39 is 0 Å². The van der Waals surface area contributed by atoms with Crippen LogP contribution in [0, 0.1) is 19.7 Å². The predicted molar refractivity (Wildman–Crippen MR) is 56.1 cm³/mol. The lowest BCUT2D eigenvalue weighted by Crippen LogP contribution is -2.08. The van der Waals surface area contributed by atoms with Crippen molar-refractivity contribution in [2.45, 2.75) is 26.2 Å². The van der Waals surface area contributed by atoms with Crippen molar-refractivity contribution in [2.75, 3.05) is 13.1 Å². The van der Waals surface area contributed by atoms with Gasteiger partial charge in [-0.1, -0.05) is 12.1 Å². The van der Waals surface area contributed by atoms with Gasteiger partial charge in [0.25, 0.3) is 0 Å². The van der Waals surface area contributed by atoms with Gasteiger partial charge in [-0.15, -0.1) is 0 Å². The molecule has 0 aromatic heterocycles. The Morgan fingerprint density at radius 3 is 2.43 bits per heavy atom. The molecule has 1 aromatic rings. The lowest BCUT2D eigenvalue weighted by atomic mass is 9.95. The van der Waals surface area contributed by atoms with Crippen LogP contribution >= 0.6 is 0 Å². The van der Waals surface area contributed by atoms with E-state index in [4.69, 9.17) is 0 Å². The number of halogens is 1. The summed E-state index contributed by atoms with van der Waals surface area (Å²) in [6, 6.07) is 3.97. The molecule has 2 heteroatoms. The molecule has 1 saturated heterocycles. The molecule has 1 unspecified atom stereocenters. The van der Waals surface area contributed by atoms with Crippen LogP contribution in [0.5, 0.6) is 0 Å². The third kappa shape index (κ3) is 1.67. The molecule has 1 N–H and O–H groups in total. The summed E-state index contributed by atoms with van der Waals surface area (Å²) >= 11 is 0. The van der Waals surface area contributed by atoms with Crippen LogP contribution in [0.3, 0.4) is 0 Å². The number of hydrogen-bond donors (Lipinski definition) is 1. The number of rotatable bonds is 1. The van der Waals surface area contributed by atoms with Gasteiger partial charge in [-0.2, -0.15) is 0 Å². The molecule has 1 nitrogen and oxygen atoms in total. The highest BCUT2D eigenvalue weighted by atomic mass is 19.1. The first-order valence-corrected chi connectivity index (χ1v) is 5.16. The molecule has 0 radical (unpaired) electrons. The minimum Gasteiger partial charge on any atom is -0.316 e. The Morgan fingerprint density at radius 1 is 1.29 bits per heavy atom. The van der Waals surface area contributed by atoms with Crippen molar-refractivity contribution in [3.63, 3.8) is 0 Å². The Labute approximate surface area is 84.3 Å². The molecular weight excluding hydrogens is 177 g/mol. The van der Waals surface area contributed by atoms with E-state index in [9.17, 15) is 4.39 Å². The highest BCUT2D eigenvalue weighted by Crippen LogP contribution is 2.25. The fourth-order valence-corrected chi connectivity index (χ4v) is 2.15. The molecule has 0 amide bonds. The van der Waals surface area contributed by atoms with Gasteiger partial charge in [-0.25, -0.2) is 4.39 Å². The normalized spacial score (nSPS) is 21.5. The van der Waals surface area contributed by atoms with Crippen molar-refractivity contribution in [3.05, 3.63) is 34.6 Å². The summed E-state index contributed by atoms with van der Waals surface area (Å²) in [5.74, 6) is 0.521. The van der Waals surface area contributed by atoms with Crippen molar-refractivity contribution in [3.8, 4) is 0 Å². The molecular formula is C12H16FN. The highest BCUT2D eigenvalue weighted by Gasteiger charge is 2.17. The largest absolute Gasteiger partial charge is 0.316 e. The lowest BCUT2D eigenvalue weighted by Gasteiger charge is -2.11. The molecule has 14 heavy (non-hydrogen) atoms. The third-order valence-corrected chi connectivity index (χ3v) is 2.99. The summed E-state index contributed by atoms with van der Waals surface area (Å²) < 4.78 is 13.4. The maximum absolute atomic E-state index is 13.4. The van der Waals surface area contributed by atoms with Gasteiger partial charge < -0.3 is 5.32 Å². The predicted octanol–water partition coefficient (Wildman–Crippen LogP) is 2.52. The Balaban J connectivity index is 2.34. The molecule has 1 fully saturated rings. The Hall–Kier alpha value is -0.890. The van der Waals surface area contributed by atoms with Crippen LogP contribution < -0.4 is 5.32 Å². The second-order valence-corrected chi connectivity index (χ2v) is 4.16. The van der Waals surface area contributed by atoms with Crippen molar-refractivity contribution in [2.24, 2.45) is 0 Å². The Bertz CT molecular complexity index is 317. The third-order valence-electron chi connectivity index (χ3n) is 2.99. The van der Waals surface area contributed by atoms with Gasteiger partial charge in [-0.05, 0) is 49.4 Å². The maximum atomic E-state index is 13.4. The first-order chi connectivity index (χ1) is 6.68. The number of nitrogens with one attached hydrogen (secondary N) is 1. The average molecular weight is 193 g/mol. The van der Waals surface area contributed by atoms with Gasteiger partial charge >= 0.3 is 0 Å². The first kappa shape index (κ1) is 9.66. The minimum atomic E-state index is -0.0558. The molecule has 0 aliphatic carbocycles. The summed E-state index contributed by atoms with van der Waals surface area (Å²) in [7, 11) is 0. The SMILES string of the molecule is Cc1cc(C2CCNC2)cc(C)c1F. The zero-order valence-corrected chi connectivity index (χ0v) is 8.73. The molecule has 0 bridgehead atoms. The van der Waals surface area contributed by atoms with Crippen LogP contribution in [0.1, 0.15) is 29.0 Å². The molecule has 0 saturated carbocycles. The fraction of sp³-hybridized carbons (Fsp3) is 0.500. The fourth-order valence-electron chi connectivity index (χ4n) is 2.15. The minimum absolute atomic E-state index is 0.0558. The van der Waals surface area contributed by atoms with Crippen LogP contribution in [0.4, 0.5) is 4.39 Å². The molecule has 1 heterocycles. The topological polar surface area (TPSA) is 12.0 Å². The standard InChI is InChI=1S/C12H16FN/c1-8-5-11(6-9(2)12(8)13)10-3-4-14-7-10/h5-6,10,14H,3-4,7H2,1-2H3. The molecule has 76 valence electrons. The van der Waals surface area contributed by atoms with Gasteiger partial charge in [0.15, 0.2) is 0 Å². The van der Waals surface area contributed by atoms with Crippen LogP contribution in [0.25, 0.3) is 0 Å². The van der Waals surface area contributed by atoms with Gasteiger partial charge in [-0.3, -0.25) is 0 Å². The van der Waals surface area contributed by atoms with Crippen LogP contribution in [0.15, 0.2) is 12.1 Å². The second-order valence-electron chi connectivity index (χ2n) is 4.16. The zero-order valence-electron chi connectivity index (χ0n) is 8.73. The summed E-state index contributed by atoms with van der Waals surface area (Å²) in [4.78, 5) is 0. The van der Waals surface area contributed by atoms with Gasteiger partial charge in [0, 0.05) is 6.54 Å². The second kappa shape index (κ2) is 3.70. The zero-order chi connectivity index (χ0) is 10.1. The van der Waals surface area contributed by atoms with E-state index in [1.807, 2.05) is 26.0 Å². The lowest BCUT2D eigenvalue weighted by molar-refractivity contribution is 0.606. The molecule has 0 spiro atoms. The molecule has 1 aliphatic rings. The van der Waals surface area contributed by atoms with Gasteiger partial charge in [0.1, 0.15) is 5.82 Å². The number of hydrogen-bond acceptors (Lipinski definition) is 1. The van der Waals surface area contributed by atoms with Crippen LogP contribution in [-0.2, 0) is 0 Å². The van der Waals surface area contributed by atoms with E-state index in [0.29, 0.717) is 5.92 Å². The van der Waals surface area contributed by atoms with Crippen molar-refractivity contribution in [1.29, 1.82) is 0 Å². The number of aryl methyl sites for hydroxylation is 2. The van der Waals surface area contributed by atoms with E-state index in [0.717, 1.165) is 24.2 Å². The van der Waals surface area contributed by atoms with Crippen LogP contribution in [0.2, 0.25) is 0 Å². The molecule has 2 rings (SSSR count). The Kier molecular flexibility index (Phi) is 2.55. The first-order valence-electron chi connectivity index (χ1n) is 5.16. The van der Waals surface area contributed by atoms with Crippen molar-refractivity contribution >= 4 is 0 Å². The molecule has 1 atom stereocenters. The van der Waals surface area contributed by atoms with Crippen LogP contribution in [-0.4, -0.2) is 13.1 Å². The molecule has 1 aliphatic heterocycles. The van der Waals surface area contributed by atoms with Gasteiger partial charge in [0.2, 0.25) is 0 Å². The van der Waals surface area contributed by atoms with E-state index >= 15 is 0 Å². The monoisotopic (exact) mass is 193 g/mol.